The van der Waals surface area contributed by atoms with Gasteiger partial charge in [-0.1, -0.05) is 51.0 Å². The van der Waals surface area contributed by atoms with Crippen LogP contribution in [0.1, 0.15) is 44.4 Å². The number of benzene rings is 1. The van der Waals surface area contributed by atoms with Gasteiger partial charge in [-0.3, -0.25) is 0 Å². The topological polar surface area (TPSA) is 38.9 Å². The van der Waals surface area contributed by atoms with Crippen LogP contribution in [0.4, 0.5) is 5.82 Å². The first-order valence-electron chi connectivity index (χ1n) is 6.93. The summed E-state index contributed by atoms with van der Waals surface area (Å²) in [4.78, 5) is 4.58. The molecule has 0 fully saturated rings. The predicted octanol–water partition coefficient (Wildman–Crippen LogP) is 4.11. The Morgan fingerprint density at radius 1 is 1.06 bits per heavy atom. The smallest absolute Gasteiger partial charge is 0.131 e. The minimum Gasteiger partial charge on any atom is -0.383 e. The first-order valence-corrected chi connectivity index (χ1v) is 6.93. The van der Waals surface area contributed by atoms with Crippen LogP contribution in [0.15, 0.2) is 24.3 Å². The molecule has 0 aliphatic carbocycles. The van der Waals surface area contributed by atoms with Gasteiger partial charge < -0.3 is 5.73 Å². The molecular formula is C16H22N2. The van der Waals surface area contributed by atoms with Crippen LogP contribution < -0.4 is 5.73 Å². The summed E-state index contributed by atoms with van der Waals surface area (Å²) in [5, 5.41) is 2.39. The Morgan fingerprint density at radius 2 is 1.78 bits per heavy atom. The summed E-state index contributed by atoms with van der Waals surface area (Å²) in [7, 11) is 0. The van der Waals surface area contributed by atoms with Crippen LogP contribution in [0.3, 0.4) is 0 Å². The molecule has 1 aromatic heterocycles. The van der Waals surface area contributed by atoms with Gasteiger partial charge in [-0.05, 0) is 30.2 Å². The summed E-state index contributed by atoms with van der Waals surface area (Å²) in [6.07, 6.45) is 5.84. The highest BCUT2D eigenvalue weighted by atomic mass is 14.8. The average molecular weight is 242 g/mol. The second-order valence-electron chi connectivity index (χ2n) is 4.78. The van der Waals surface area contributed by atoms with E-state index in [4.69, 9.17) is 5.73 Å². The molecule has 0 unspecified atom stereocenters. The lowest BCUT2D eigenvalue weighted by molar-refractivity contribution is 0.713. The molecule has 0 saturated carbocycles. The van der Waals surface area contributed by atoms with Crippen molar-refractivity contribution in [3.63, 3.8) is 0 Å². The highest BCUT2D eigenvalue weighted by molar-refractivity contribution is 5.93. The van der Waals surface area contributed by atoms with Crippen molar-refractivity contribution in [1.82, 2.24) is 4.98 Å². The van der Waals surface area contributed by atoms with E-state index in [9.17, 15) is 0 Å². The highest BCUT2D eigenvalue weighted by Crippen LogP contribution is 2.27. The lowest BCUT2D eigenvalue weighted by Crippen LogP contribution is -2.03. The van der Waals surface area contributed by atoms with Crippen molar-refractivity contribution in [3.8, 4) is 0 Å². The molecule has 1 aromatic carbocycles. The Kier molecular flexibility index (Phi) is 4.19. The van der Waals surface area contributed by atoms with E-state index in [1.807, 2.05) is 6.07 Å². The van der Waals surface area contributed by atoms with Gasteiger partial charge in [-0.15, -0.1) is 0 Å². The molecule has 0 spiro atoms. The number of hydrogen-bond acceptors (Lipinski definition) is 2. The number of fused-ring (bicyclic) bond motifs is 1. The summed E-state index contributed by atoms with van der Waals surface area (Å²) in [5.74, 6) is 0.668. The summed E-state index contributed by atoms with van der Waals surface area (Å²) in [5.41, 5.74) is 8.61. The maximum Gasteiger partial charge on any atom is 0.131 e. The van der Waals surface area contributed by atoms with E-state index < -0.39 is 0 Å². The SMILES string of the molecule is CCCCCc1c(CC)nc(N)c2ccccc12. The second-order valence-corrected chi connectivity index (χ2v) is 4.78. The first kappa shape index (κ1) is 12.9. The van der Waals surface area contributed by atoms with Crippen LogP contribution in [-0.2, 0) is 12.8 Å². The van der Waals surface area contributed by atoms with Gasteiger partial charge in [-0.2, -0.15) is 0 Å². The number of aromatic nitrogens is 1. The molecule has 18 heavy (non-hydrogen) atoms. The molecule has 2 heteroatoms. The molecule has 96 valence electrons. The molecule has 0 aliphatic rings. The minimum absolute atomic E-state index is 0.668. The van der Waals surface area contributed by atoms with Gasteiger partial charge in [-0.25, -0.2) is 4.98 Å². The minimum atomic E-state index is 0.668. The Labute approximate surface area is 109 Å². The van der Waals surface area contributed by atoms with Gasteiger partial charge in [0, 0.05) is 11.1 Å². The quantitative estimate of drug-likeness (QED) is 0.801. The van der Waals surface area contributed by atoms with Crippen LogP contribution in [0.25, 0.3) is 10.8 Å². The molecule has 2 nitrogen and oxygen atoms in total. The fourth-order valence-electron chi connectivity index (χ4n) is 2.52. The number of hydrogen-bond donors (Lipinski definition) is 1. The van der Waals surface area contributed by atoms with Gasteiger partial charge in [0.15, 0.2) is 0 Å². The molecule has 0 bridgehead atoms. The average Bonchev–Trinajstić information content (AvgIpc) is 2.41. The van der Waals surface area contributed by atoms with Crippen LogP contribution in [-0.4, -0.2) is 4.98 Å². The van der Waals surface area contributed by atoms with E-state index in [0.717, 1.165) is 18.2 Å². The van der Waals surface area contributed by atoms with E-state index in [0.29, 0.717) is 5.82 Å². The highest BCUT2D eigenvalue weighted by Gasteiger charge is 2.10. The van der Waals surface area contributed by atoms with E-state index in [-0.39, 0.29) is 0 Å². The third kappa shape index (κ3) is 2.47. The van der Waals surface area contributed by atoms with Crippen LogP contribution in [0.2, 0.25) is 0 Å². The van der Waals surface area contributed by atoms with Crippen LogP contribution >= 0.6 is 0 Å². The Morgan fingerprint density at radius 3 is 2.44 bits per heavy atom. The molecule has 0 amide bonds. The van der Waals surface area contributed by atoms with Crippen molar-refractivity contribution in [2.75, 3.05) is 5.73 Å². The van der Waals surface area contributed by atoms with E-state index >= 15 is 0 Å². The maximum atomic E-state index is 6.05. The molecular weight excluding hydrogens is 220 g/mol. The van der Waals surface area contributed by atoms with Crippen LogP contribution in [0, 0.1) is 0 Å². The molecule has 1 heterocycles. The van der Waals surface area contributed by atoms with E-state index in [2.05, 4.69) is 37.0 Å². The van der Waals surface area contributed by atoms with Crippen LogP contribution in [0.5, 0.6) is 0 Å². The number of nitrogen functional groups attached to an aromatic ring is 1. The van der Waals surface area contributed by atoms with E-state index in [1.54, 1.807) is 0 Å². The van der Waals surface area contributed by atoms with Gasteiger partial charge in [0.1, 0.15) is 5.82 Å². The molecule has 2 aromatic rings. The molecule has 0 saturated heterocycles. The zero-order valence-electron chi connectivity index (χ0n) is 11.4. The summed E-state index contributed by atoms with van der Waals surface area (Å²) >= 11 is 0. The number of unbranched alkanes of at least 4 members (excludes halogenated alkanes) is 2. The van der Waals surface area contributed by atoms with Gasteiger partial charge >= 0.3 is 0 Å². The number of anilines is 1. The van der Waals surface area contributed by atoms with Crippen molar-refractivity contribution >= 4 is 16.6 Å². The number of aryl methyl sites for hydroxylation is 2. The van der Waals surface area contributed by atoms with Crippen molar-refractivity contribution < 1.29 is 0 Å². The lowest BCUT2D eigenvalue weighted by Gasteiger charge is -2.13. The fourth-order valence-corrected chi connectivity index (χ4v) is 2.52. The summed E-state index contributed by atoms with van der Waals surface area (Å²) < 4.78 is 0. The third-order valence-electron chi connectivity index (χ3n) is 3.50. The van der Waals surface area contributed by atoms with Gasteiger partial charge in [0.05, 0.1) is 0 Å². The lowest BCUT2D eigenvalue weighted by atomic mass is 9.97. The van der Waals surface area contributed by atoms with E-state index in [1.165, 1.54) is 35.9 Å². The van der Waals surface area contributed by atoms with Gasteiger partial charge in [0.2, 0.25) is 0 Å². The molecule has 0 atom stereocenters. The molecule has 0 radical (unpaired) electrons. The fraction of sp³-hybridized carbons (Fsp3) is 0.438. The third-order valence-corrected chi connectivity index (χ3v) is 3.50. The maximum absolute atomic E-state index is 6.05. The monoisotopic (exact) mass is 242 g/mol. The zero-order chi connectivity index (χ0) is 13.0. The van der Waals surface area contributed by atoms with Crippen molar-refractivity contribution in [1.29, 1.82) is 0 Å². The summed E-state index contributed by atoms with van der Waals surface area (Å²) in [6, 6.07) is 8.36. The molecule has 2 rings (SSSR count). The van der Waals surface area contributed by atoms with Gasteiger partial charge in [0.25, 0.3) is 0 Å². The Bertz CT molecular complexity index is 532. The molecule has 0 aliphatic heterocycles. The second kappa shape index (κ2) is 5.85. The van der Waals surface area contributed by atoms with Crippen molar-refractivity contribution in [2.45, 2.75) is 46.0 Å². The zero-order valence-corrected chi connectivity index (χ0v) is 11.4. The predicted molar refractivity (Wildman–Crippen MR) is 78.8 cm³/mol. The molecule has 2 N–H and O–H groups in total. The van der Waals surface area contributed by atoms with Crippen molar-refractivity contribution in [3.05, 3.63) is 35.5 Å². The largest absolute Gasteiger partial charge is 0.383 e. The summed E-state index contributed by atoms with van der Waals surface area (Å²) in [6.45, 7) is 4.39. The Hall–Kier alpha value is -1.57. The van der Waals surface area contributed by atoms with Crippen molar-refractivity contribution in [2.24, 2.45) is 0 Å². The standard InChI is InChI=1S/C16H22N2/c1-3-5-6-10-13-12-9-7-8-11-14(12)16(17)18-15(13)4-2/h7-9,11H,3-6,10H2,1-2H3,(H2,17,18). The Balaban J connectivity index is 2.49. The normalized spacial score (nSPS) is 11.0. The number of nitrogens with two attached hydrogens (primary N) is 1. The first-order chi connectivity index (χ1) is 8.77. The number of rotatable bonds is 5. The number of nitrogens with zero attached hydrogens (tertiary/aromatic N) is 1. The number of pyridine rings is 1.